The van der Waals surface area contributed by atoms with Crippen LogP contribution in [0.1, 0.15) is 188 Å². The van der Waals surface area contributed by atoms with Crippen LogP contribution < -0.4 is 0 Å². The smallest absolute Gasteiger partial charge is 0.305 e. The number of nitrogens with zero attached hydrogens (tertiary/aromatic N) is 1. The molecule has 0 aromatic carbocycles. The number of cyclic esters (lactones) is 2. The Bertz CT molecular complexity index is 904. The van der Waals surface area contributed by atoms with E-state index in [1.165, 1.54) is 89.2 Å². The number of hydrogen-bond donors (Lipinski definition) is 0. The van der Waals surface area contributed by atoms with Crippen LogP contribution in [0.15, 0.2) is 29.3 Å². The van der Waals surface area contributed by atoms with Crippen molar-refractivity contribution in [2.24, 2.45) is 17.8 Å². The van der Waals surface area contributed by atoms with Crippen LogP contribution in [0.5, 0.6) is 0 Å². The molecule has 1 rings (SSSR count). The monoisotopic (exact) mass is 684 g/mol. The van der Waals surface area contributed by atoms with E-state index in [1.54, 1.807) is 0 Å². The quantitative estimate of drug-likeness (QED) is 0.110. The van der Waals surface area contributed by atoms with Crippen LogP contribution in [0.4, 0.5) is 0 Å². The molecular weight excluding hydrogens is 606 g/mol. The fraction of sp³-hybridized carbons (Fsp3) is 0.841. The zero-order valence-electron chi connectivity index (χ0n) is 32.7. The summed E-state index contributed by atoms with van der Waals surface area (Å²) in [6.07, 6.45) is 28.5. The highest BCUT2D eigenvalue weighted by atomic mass is 16.5. The lowest BCUT2D eigenvalue weighted by Gasteiger charge is -2.26. The molecule has 2 unspecified atom stereocenters. The Hall–Kier alpha value is -2.02. The van der Waals surface area contributed by atoms with Crippen molar-refractivity contribution in [3.8, 4) is 0 Å². The summed E-state index contributed by atoms with van der Waals surface area (Å²) in [5, 5.41) is 0. The number of ether oxygens (including phenoxy) is 2. The molecule has 2 atom stereocenters. The number of allylic oxidation sites excluding steroid dienone is 1. The van der Waals surface area contributed by atoms with E-state index in [2.05, 4.69) is 56.5 Å². The van der Waals surface area contributed by atoms with E-state index in [9.17, 15) is 9.59 Å². The van der Waals surface area contributed by atoms with Crippen molar-refractivity contribution in [1.29, 1.82) is 0 Å². The largest absolute Gasteiger partial charge is 0.466 e. The third-order valence-electron chi connectivity index (χ3n) is 10.6. The Morgan fingerprint density at radius 3 is 1.61 bits per heavy atom. The fourth-order valence-electron chi connectivity index (χ4n) is 7.33. The van der Waals surface area contributed by atoms with Crippen molar-refractivity contribution in [2.75, 3.05) is 33.4 Å². The van der Waals surface area contributed by atoms with Gasteiger partial charge in [-0.05, 0) is 107 Å². The van der Waals surface area contributed by atoms with Crippen LogP contribution in [0.25, 0.3) is 0 Å². The zero-order chi connectivity index (χ0) is 35.8. The molecule has 0 aromatic heterocycles. The van der Waals surface area contributed by atoms with Gasteiger partial charge in [0.05, 0.1) is 13.2 Å². The van der Waals surface area contributed by atoms with E-state index in [1.807, 2.05) is 0 Å². The average Bonchev–Trinajstić information content (AvgIpc) is 3.09. The maximum Gasteiger partial charge on any atom is 0.305 e. The number of unbranched alkanes of at least 4 members (excludes halogenated alkanes) is 4. The van der Waals surface area contributed by atoms with Gasteiger partial charge in [-0.15, -0.1) is 0 Å². The molecule has 0 saturated carbocycles. The maximum atomic E-state index is 12.7. The van der Waals surface area contributed by atoms with Crippen molar-refractivity contribution in [1.82, 2.24) is 4.90 Å². The lowest BCUT2D eigenvalue weighted by atomic mass is 9.79. The van der Waals surface area contributed by atoms with Crippen LogP contribution in [-0.4, -0.2) is 50.2 Å². The predicted molar refractivity (Wildman–Crippen MR) is 207 cm³/mol. The first-order valence-corrected chi connectivity index (χ1v) is 20.8. The molecule has 1 heterocycles. The highest BCUT2D eigenvalue weighted by Crippen LogP contribution is 2.33. The Balaban J connectivity index is 2.95. The topological polar surface area (TPSA) is 55.8 Å². The molecule has 49 heavy (non-hydrogen) atoms. The van der Waals surface area contributed by atoms with Crippen LogP contribution >= 0.6 is 0 Å². The number of carbonyl (C=O) groups excluding carboxylic acids is 2. The van der Waals surface area contributed by atoms with Gasteiger partial charge >= 0.3 is 11.9 Å². The van der Waals surface area contributed by atoms with Crippen LogP contribution in [0, 0.1) is 17.8 Å². The minimum absolute atomic E-state index is 0.0654. The van der Waals surface area contributed by atoms with Gasteiger partial charge < -0.3 is 14.4 Å². The number of hydrogen-bond acceptors (Lipinski definition) is 5. The fourth-order valence-corrected chi connectivity index (χ4v) is 7.33. The molecule has 282 valence electrons. The lowest BCUT2D eigenvalue weighted by Crippen LogP contribution is -2.19. The third kappa shape index (κ3) is 24.7. The summed E-state index contributed by atoms with van der Waals surface area (Å²) in [5.74, 6) is 1.19. The molecular formula is C44H77NO4. The average molecular weight is 684 g/mol. The summed E-state index contributed by atoms with van der Waals surface area (Å²) in [4.78, 5) is 27.9. The SMILES string of the molecule is C=C=C=C=C1C(CCCCC)CCOC(=O)CCCCCCCC(CCCN(C)CC)CCCCCCCC(=O)OCCC1CCCCC. The molecule has 5 nitrogen and oxygen atoms in total. The molecule has 0 aliphatic carbocycles. The van der Waals surface area contributed by atoms with Crippen molar-refractivity contribution >= 4 is 11.9 Å². The highest BCUT2D eigenvalue weighted by molar-refractivity contribution is 5.69. The van der Waals surface area contributed by atoms with Gasteiger partial charge in [0.1, 0.15) is 0 Å². The summed E-state index contributed by atoms with van der Waals surface area (Å²) in [5.41, 5.74) is 10.5. The Morgan fingerprint density at radius 2 is 1.14 bits per heavy atom. The van der Waals surface area contributed by atoms with Gasteiger partial charge in [-0.1, -0.05) is 135 Å². The normalized spacial score (nSPS) is 22.4. The van der Waals surface area contributed by atoms with E-state index in [0.29, 0.717) is 26.1 Å². The van der Waals surface area contributed by atoms with E-state index in [4.69, 9.17) is 9.47 Å². The molecule has 0 amide bonds. The molecule has 1 aliphatic heterocycles. The predicted octanol–water partition coefficient (Wildman–Crippen LogP) is 12.1. The number of rotatable bonds is 13. The second-order valence-electron chi connectivity index (χ2n) is 14.8. The standard InChI is InChI=1S/C44H77NO4/c1-6-10-19-29-40-34-37-48-43(46)32-23-17-13-15-21-26-39(28-25-36-45(5)9-4)27-22-16-14-18-24-33-44(47)49-38-35-41(30-20-11-7-2)42(40)31-12-8-3/h39-41H,3,6-7,9-11,13-30,32-38H2,1-2,4-5H3. The second kappa shape index (κ2) is 31.9. The van der Waals surface area contributed by atoms with Crippen molar-refractivity contribution in [2.45, 2.75) is 188 Å². The first-order chi connectivity index (χ1) is 23.9. The van der Waals surface area contributed by atoms with Gasteiger partial charge in [-0.2, -0.15) is 0 Å². The lowest BCUT2D eigenvalue weighted by molar-refractivity contribution is -0.144. The first kappa shape index (κ1) is 45.0. The molecule has 0 bridgehead atoms. The van der Waals surface area contributed by atoms with Crippen LogP contribution in [0.2, 0.25) is 0 Å². The molecule has 1 fully saturated rings. The van der Waals surface area contributed by atoms with Gasteiger partial charge in [0.2, 0.25) is 0 Å². The summed E-state index contributed by atoms with van der Waals surface area (Å²) >= 11 is 0. The van der Waals surface area contributed by atoms with Gasteiger partial charge in [-0.25, -0.2) is 0 Å². The minimum atomic E-state index is -0.0654. The molecule has 0 radical (unpaired) electrons. The van der Waals surface area contributed by atoms with E-state index >= 15 is 0 Å². The van der Waals surface area contributed by atoms with E-state index in [0.717, 1.165) is 89.5 Å². The molecule has 5 heteroatoms. The van der Waals surface area contributed by atoms with Crippen molar-refractivity contribution in [3.05, 3.63) is 29.3 Å². The molecule has 0 N–H and O–H groups in total. The number of carbonyl (C=O) groups is 2. The van der Waals surface area contributed by atoms with Crippen LogP contribution in [-0.2, 0) is 19.1 Å². The molecule has 0 aromatic rings. The third-order valence-corrected chi connectivity index (χ3v) is 10.6. The Morgan fingerprint density at radius 1 is 0.653 bits per heavy atom. The second-order valence-corrected chi connectivity index (χ2v) is 14.8. The summed E-state index contributed by atoms with van der Waals surface area (Å²) < 4.78 is 11.6. The van der Waals surface area contributed by atoms with Crippen molar-refractivity contribution in [3.63, 3.8) is 0 Å². The van der Waals surface area contributed by atoms with Gasteiger partial charge in [0, 0.05) is 12.8 Å². The zero-order valence-corrected chi connectivity index (χ0v) is 32.7. The Labute approximate surface area is 303 Å². The highest BCUT2D eigenvalue weighted by Gasteiger charge is 2.24. The van der Waals surface area contributed by atoms with Gasteiger partial charge in [0.25, 0.3) is 0 Å². The van der Waals surface area contributed by atoms with E-state index in [-0.39, 0.29) is 23.8 Å². The van der Waals surface area contributed by atoms with E-state index < -0.39 is 0 Å². The first-order valence-electron chi connectivity index (χ1n) is 20.8. The minimum Gasteiger partial charge on any atom is -0.466 e. The maximum absolute atomic E-state index is 12.7. The van der Waals surface area contributed by atoms with Gasteiger partial charge in [0.15, 0.2) is 0 Å². The summed E-state index contributed by atoms with van der Waals surface area (Å²) in [6.45, 7) is 13.6. The molecule has 1 aliphatic rings. The Kier molecular flexibility index (Phi) is 29.3. The van der Waals surface area contributed by atoms with Crippen molar-refractivity contribution < 1.29 is 19.1 Å². The molecule has 0 spiro atoms. The van der Waals surface area contributed by atoms with Gasteiger partial charge in [-0.3, -0.25) is 9.59 Å². The van der Waals surface area contributed by atoms with Crippen LogP contribution in [0.3, 0.4) is 0 Å². The number of esters is 2. The summed E-state index contributed by atoms with van der Waals surface area (Å²) in [6, 6.07) is 0. The molecule has 1 saturated heterocycles. The summed E-state index contributed by atoms with van der Waals surface area (Å²) in [7, 11) is 2.22.